The van der Waals surface area contributed by atoms with Crippen LogP contribution in [0.15, 0.2) is 6.07 Å². The van der Waals surface area contributed by atoms with Crippen LogP contribution < -0.4 is 4.74 Å². The number of hydrogen-bond donors (Lipinski definition) is 1. The molecule has 0 fully saturated rings. The van der Waals surface area contributed by atoms with Gasteiger partial charge in [-0.2, -0.15) is 5.26 Å². The predicted octanol–water partition coefficient (Wildman–Crippen LogP) is 1.76. The molecule has 7 heteroatoms. The van der Waals surface area contributed by atoms with E-state index in [1.54, 1.807) is 13.1 Å². The molecule has 1 aromatic heterocycles. The van der Waals surface area contributed by atoms with E-state index in [1.807, 2.05) is 13.0 Å². The summed E-state index contributed by atoms with van der Waals surface area (Å²) >= 11 is 1.15. The van der Waals surface area contributed by atoms with Gasteiger partial charge in [0.25, 0.3) is 5.91 Å². The van der Waals surface area contributed by atoms with E-state index in [2.05, 4.69) is 0 Å². The fourth-order valence-electron chi connectivity index (χ4n) is 1.45. The Morgan fingerprint density at radius 1 is 1.55 bits per heavy atom. The molecular formula is C13H16N2O4S. The highest BCUT2D eigenvalue weighted by Gasteiger charge is 2.18. The van der Waals surface area contributed by atoms with Crippen molar-refractivity contribution in [2.75, 3.05) is 20.2 Å². The van der Waals surface area contributed by atoms with Gasteiger partial charge in [0.1, 0.15) is 5.75 Å². The fourth-order valence-corrected chi connectivity index (χ4v) is 2.32. The van der Waals surface area contributed by atoms with Crippen LogP contribution in [0.2, 0.25) is 0 Å². The number of ether oxygens (including phenoxy) is 1. The molecule has 6 nitrogen and oxygen atoms in total. The van der Waals surface area contributed by atoms with Crippen LogP contribution in [-0.4, -0.2) is 42.1 Å². The van der Waals surface area contributed by atoms with Crippen molar-refractivity contribution in [2.45, 2.75) is 19.8 Å². The molecule has 0 radical (unpaired) electrons. The monoisotopic (exact) mass is 296 g/mol. The summed E-state index contributed by atoms with van der Waals surface area (Å²) in [6, 6.07) is 3.60. The molecule has 1 heterocycles. The SMILES string of the molecule is CCc1cc(OCC(=O)N(C)CCC#N)c(C(=O)O)s1. The topological polar surface area (TPSA) is 90.6 Å². The highest BCUT2D eigenvalue weighted by molar-refractivity contribution is 7.14. The number of amides is 1. The first-order valence-corrected chi connectivity index (χ1v) is 6.91. The van der Waals surface area contributed by atoms with Gasteiger partial charge < -0.3 is 14.7 Å². The lowest BCUT2D eigenvalue weighted by Crippen LogP contribution is -2.32. The molecule has 0 bridgehead atoms. The first-order valence-electron chi connectivity index (χ1n) is 6.09. The van der Waals surface area contributed by atoms with Crippen LogP contribution in [0.5, 0.6) is 5.75 Å². The van der Waals surface area contributed by atoms with E-state index in [4.69, 9.17) is 15.1 Å². The molecule has 0 spiro atoms. The van der Waals surface area contributed by atoms with Gasteiger partial charge in [0.05, 0.1) is 12.5 Å². The van der Waals surface area contributed by atoms with E-state index in [0.717, 1.165) is 16.2 Å². The predicted molar refractivity (Wildman–Crippen MR) is 74.0 cm³/mol. The number of carboxylic acid groups (broad SMARTS) is 1. The number of nitrogens with zero attached hydrogens (tertiary/aromatic N) is 2. The minimum absolute atomic E-state index is 0.106. The molecule has 1 N–H and O–H groups in total. The molecule has 1 amide bonds. The third-order valence-corrected chi connectivity index (χ3v) is 3.88. The maximum atomic E-state index is 11.7. The third-order valence-electron chi connectivity index (χ3n) is 2.63. The van der Waals surface area contributed by atoms with Crippen LogP contribution in [0.25, 0.3) is 0 Å². The summed E-state index contributed by atoms with van der Waals surface area (Å²) in [5.41, 5.74) is 0. The number of carboxylic acids is 1. The lowest BCUT2D eigenvalue weighted by atomic mass is 10.3. The van der Waals surface area contributed by atoms with Crippen molar-refractivity contribution in [1.82, 2.24) is 4.90 Å². The number of aryl methyl sites for hydroxylation is 1. The molecule has 0 aliphatic rings. The Morgan fingerprint density at radius 3 is 2.80 bits per heavy atom. The van der Waals surface area contributed by atoms with Crippen LogP contribution in [0.4, 0.5) is 0 Å². The van der Waals surface area contributed by atoms with Crippen molar-refractivity contribution in [1.29, 1.82) is 5.26 Å². The second-order valence-corrected chi connectivity index (χ2v) is 5.21. The smallest absolute Gasteiger partial charge is 0.349 e. The molecule has 0 atom stereocenters. The van der Waals surface area contributed by atoms with E-state index in [-0.39, 0.29) is 29.6 Å². The van der Waals surface area contributed by atoms with Crippen LogP contribution in [-0.2, 0) is 11.2 Å². The van der Waals surface area contributed by atoms with Crippen molar-refractivity contribution in [3.05, 3.63) is 15.8 Å². The lowest BCUT2D eigenvalue weighted by molar-refractivity contribution is -0.132. The van der Waals surface area contributed by atoms with Gasteiger partial charge in [0.2, 0.25) is 0 Å². The number of likely N-dealkylation sites (N-methyl/N-ethyl adjacent to an activating group) is 1. The summed E-state index contributed by atoms with van der Waals surface area (Å²) in [5, 5.41) is 17.5. The molecule has 1 aromatic rings. The van der Waals surface area contributed by atoms with Crippen LogP contribution in [0.3, 0.4) is 0 Å². The Kier molecular flexibility index (Phi) is 6.00. The zero-order chi connectivity index (χ0) is 15.1. The number of thiophene rings is 1. The van der Waals surface area contributed by atoms with Gasteiger partial charge in [-0.05, 0) is 12.5 Å². The van der Waals surface area contributed by atoms with Gasteiger partial charge in [-0.15, -0.1) is 11.3 Å². The van der Waals surface area contributed by atoms with Gasteiger partial charge in [-0.3, -0.25) is 4.79 Å². The van der Waals surface area contributed by atoms with Crippen LogP contribution >= 0.6 is 11.3 Å². The minimum atomic E-state index is -1.06. The quantitative estimate of drug-likeness (QED) is 0.828. The molecule has 20 heavy (non-hydrogen) atoms. The van der Waals surface area contributed by atoms with Gasteiger partial charge >= 0.3 is 5.97 Å². The molecule has 0 aromatic carbocycles. The molecular weight excluding hydrogens is 280 g/mol. The minimum Gasteiger partial charge on any atom is -0.482 e. The second kappa shape index (κ2) is 7.50. The zero-order valence-corrected chi connectivity index (χ0v) is 12.2. The van der Waals surface area contributed by atoms with Crippen LogP contribution in [0, 0.1) is 11.3 Å². The maximum Gasteiger partial charge on any atom is 0.349 e. The summed E-state index contributed by atoms with van der Waals surface area (Å²) in [6.45, 7) is 2.01. The first kappa shape index (κ1) is 16.0. The number of aromatic carboxylic acids is 1. The number of carbonyl (C=O) groups excluding carboxylic acids is 1. The molecule has 108 valence electrons. The number of rotatable bonds is 7. The second-order valence-electron chi connectivity index (χ2n) is 4.08. The molecule has 0 saturated heterocycles. The van der Waals surface area contributed by atoms with E-state index in [9.17, 15) is 9.59 Å². The standard InChI is InChI=1S/C13H16N2O4S/c1-3-9-7-10(12(20-9)13(17)18)19-8-11(16)15(2)6-4-5-14/h7H,3-4,6,8H2,1-2H3,(H,17,18). The van der Waals surface area contributed by atoms with Gasteiger partial charge in [-0.1, -0.05) is 6.92 Å². The Balaban J connectivity index is 2.65. The van der Waals surface area contributed by atoms with Gasteiger partial charge in [0, 0.05) is 18.5 Å². The van der Waals surface area contributed by atoms with E-state index >= 15 is 0 Å². The van der Waals surface area contributed by atoms with Crippen molar-refractivity contribution in [2.24, 2.45) is 0 Å². The van der Waals surface area contributed by atoms with Crippen molar-refractivity contribution in [3.8, 4) is 11.8 Å². The number of hydrogen-bond acceptors (Lipinski definition) is 5. The highest BCUT2D eigenvalue weighted by atomic mass is 32.1. The Bertz CT molecular complexity index is 533. The molecule has 0 aliphatic carbocycles. The number of nitriles is 1. The maximum absolute atomic E-state index is 11.7. The van der Waals surface area contributed by atoms with Crippen molar-refractivity contribution in [3.63, 3.8) is 0 Å². The summed E-state index contributed by atoms with van der Waals surface area (Å²) in [7, 11) is 1.58. The van der Waals surface area contributed by atoms with Gasteiger partial charge in [-0.25, -0.2) is 4.79 Å². The summed E-state index contributed by atoms with van der Waals surface area (Å²) in [4.78, 5) is 25.2. The molecule has 1 rings (SSSR count). The summed E-state index contributed by atoms with van der Waals surface area (Å²) < 4.78 is 5.30. The normalized spacial score (nSPS) is 9.85. The van der Waals surface area contributed by atoms with Crippen molar-refractivity contribution >= 4 is 23.2 Å². The lowest BCUT2D eigenvalue weighted by Gasteiger charge is -2.15. The van der Waals surface area contributed by atoms with Gasteiger partial charge in [0.15, 0.2) is 11.5 Å². The fraction of sp³-hybridized carbons (Fsp3) is 0.462. The largest absolute Gasteiger partial charge is 0.482 e. The average molecular weight is 296 g/mol. The Morgan fingerprint density at radius 2 is 2.25 bits per heavy atom. The Labute approximate surface area is 121 Å². The van der Waals surface area contributed by atoms with E-state index in [0.29, 0.717) is 13.0 Å². The summed E-state index contributed by atoms with van der Waals surface area (Å²) in [5.74, 6) is -1.13. The van der Waals surface area contributed by atoms with Crippen molar-refractivity contribution < 1.29 is 19.4 Å². The van der Waals surface area contributed by atoms with E-state index < -0.39 is 5.97 Å². The van der Waals surface area contributed by atoms with Crippen LogP contribution in [0.1, 0.15) is 27.9 Å². The van der Waals surface area contributed by atoms with E-state index in [1.165, 1.54) is 4.90 Å². The molecule has 0 unspecified atom stereocenters. The average Bonchev–Trinajstić information content (AvgIpc) is 2.85. The summed E-state index contributed by atoms with van der Waals surface area (Å²) in [6.07, 6.45) is 0.964. The molecule has 0 saturated carbocycles. The third kappa shape index (κ3) is 4.24. The molecule has 0 aliphatic heterocycles. The number of carbonyl (C=O) groups is 2. The Hall–Kier alpha value is -2.07. The zero-order valence-electron chi connectivity index (χ0n) is 11.4. The highest BCUT2D eigenvalue weighted by Crippen LogP contribution is 2.29. The first-order chi connectivity index (χ1) is 9.49.